The highest BCUT2D eigenvalue weighted by molar-refractivity contribution is 6.02. The minimum atomic E-state index is -5.50. The second-order valence-electron chi connectivity index (χ2n) is 6.73. The van der Waals surface area contributed by atoms with Crippen LogP contribution in [0.2, 0.25) is 0 Å². The molecule has 0 radical (unpaired) electrons. The van der Waals surface area contributed by atoms with Crippen molar-refractivity contribution >= 4 is 5.71 Å². The van der Waals surface area contributed by atoms with E-state index in [1.165, 1.54) is 6.07 Å². The highest BCUT2D eigenvalue weighted by Gasteiger charge is 2.63. The maximum atomic E-state index is 14.0. The number of hydrogen-bond acceptors (Lipinski definition) is 3. The second kappa shape index (κ2) is 7.39. The highest BCUT2D eigenvalue weighted by atomic mass is 19.4. The summed E-state index contributed by atoms with van der Waals surface area (Å²) >= 11 is 0. The summed E-state index contributed by atoms with van der Waals surface area (Å²) in [5.74, 6) is -0.995. The third-order valence-electron chi connectivity index (χ3n) is 4.66. The van der Waals surface area contributed by atoms with Gasteiger partial charge in [0.05, 0.1) is 22.4 Å². The molecular weight excluding hydrogens is 462 g/mol. The summed E-state index contributed by atoms with van der Waals surface area (Å²) in [6.07, 6.45) is -17.6. The molecule has 32 heavy (non-hydrogen) atoms. The predicted octanol–water partition coefficient (Wildman–Crippen LogP) is 6.32. The van der Waals surface area contributed by atoms with Crippen molar-refractivity contribution in [2.45, 2.75) is 30.6 Å². The zero-order valence-corrected chi connectivity index (χ0v) is 15.3. The Hall–Kier alpha value is -3.30. The summed E-state index contributed by atoms with van der Waals surface area (Å²) in [6.45, 7) is 0. The SMILES string of the molecule is N#Cc1cc(C2=NOC(c3cc(C(F)(F)F)cc(C(F)(F)F)c3)(C(F)(F)F)C2)ccc1F. The Morgan fingerprint density at radius 2 is 1.44 bits per heavy atom. The molecule has 0 bridgehead atoms. The van der Waals surface area contributed by atoms with Gasteiger partial charge in [-0.3, -0.25) is 0 Å². The average Bonchev–Trinajstić information content (AvgIpc) is 3.13. The Kier molecular flexibility index (Phi) is 5.39. The molecule has 0 N–H and O–H groups in total. The smallest absolute Gasteiger partial charge is 0.374 e. The minimum Gasteiger partial charge on any atom is -0.374 e. The van der Waals surface area contributed by atoms with Crippen LogP contribution < -0.4 is 0 Å². The molecule has 2 aromatic rings. The molecule has 170 valence electrons. The molecule has 0 saturated carbocycles. The van der Waals surface area contributed by atoms with Gasteiger partial charge in [-0.1, -0.05) is 11.2 Å². The monoisotopic (exact) mass is 470 g/mol. The van der Waals surface area contributed by atoms with Gasteiger partial charge in [0.2, 0.25) is 0 Å². The van der Waals surface area contributed by atoms with Crippen molar-refractivity contribution in [3.63, 3.8) is 0 Å². The van der Waals surface area contributed by atoms with E-state index in [0.29, 0.717) is 0 Å². The van der Waals surface area contributed by atoms with E-state index < -0.39 is 64.3 Å². The largest absolute Gasteiger partial charge is 0.435 e. The molecule has 1 unspecified atom stereocenters. The van der Waals surface area contributed by atoms with Crippen molar-refractivity contribution in [2.75, 3.05) is 0 Å². The van der Waals surface area contributed by atoms with E-state index in [4.69, 9.17) is 5.26 Å². The van der Waals surface area contributed by atoms with Gasteiger partial charge in [-0.05, 0) is 30.3 Å². The summed E-state index contributed by atoms with van der Waals surface area (Å²) in [4.78, 5) is 4.45. The van der Waals surface area contributed by atoms with Gasteiger partial charge in [0.1, 0.15) is 11.9 Å². The number of hydrogen-bond donors (Lipinski definition) is 0. The molecule has 0 spiro atoms. The number of benzene rings is 2. The van der Waals surface area contributed by atoms with Crippen LogP contribution in [0, 0.1) is 17.1 Å². The Labute approximate surface area is 172 Å². The van der Waals surface area contributed by atoms with Crippen molar-refractivity contribution < 1.29 is 48.7 Å². The first-order valence-electron chi connectivity index (χ1n) is 8.40. The first-order valence-corrected chi connectivity index (χ1v) is 8.40. The molecule has 0 amide bonds. The van der Waals surface area contributed by atoms with Gasteiger partial charge in [-0.15, -0.1) is 0 Å². The Balaban J connectivity index is 2.17. The molecule has 0 saturated heterocycles. The van der Waals surface area contributed by atoms with Crippen LogP contribution in [0.15, 0.2) is 41.6 Å². The van der Waals surface area contributed by atoms with Gasteiger partial charge in [0, 0.05) is 17.5 Å². The standard InChI is InChI=1S/C19H8F10N2O/c20-14-2-1-9(3-10(14)8-30)15-7-16(32-31-15,19(27,28)29)11-4-12(17(21,22)23)6-13(5-11)18(24,25)26/h1-6H,7H2. The normalized spacial score (nSPS) is 19.3. The zero-order valence-electron chi connectivity index (χ0n) is 15.3. The molecule has 0 fully saturated rings. The summed E-state index contributed by atoms with van der Waals surface area (Å²) in [5, 5.41) is 12.0. The summed E-state index contributed by atoms with van der Waals surface area (Å²) in [5.41, 5.74) is -10.4. The summed E-state index contributed by atoms with van der Waals surface area (Å²) in [6, 6.07) is 3.47. The van der Waals surface area contributed by atoms with Crippen LogP contribution >= 0.6 is 0 Å². The maximum Gasteiger partial charge on any atom is 0.435 e. The molecule has 13 heteroatoms. The van der Waals surface area contributed by atoms with Crippen LogP contribution in [-0.4, -0.2) is 11.9 Å². The fourth-order valence-corrected chi connectivity index (χ4v) is 3.04. The highest BCUT2D eigenvalue weighted by Crippen LogP contribution is 2.50. The molecular formula is C19H8F10N2O. The van der Waals surface area contributed by atoms with Gasteiger partial charge in [-0.25, -0.2) is 4.39 Å². The lowest BCUT2D eigenvalue weighted by atomic mass is 9.84. The molecule has 1 atom stereocenters. The van der Waals surface area contributed by atoms with E-state index in [-0.39, 0.29) is 23.8 Å². The molecule has 1 heterocycles. The van der Waals surface area contributed by atoms with Gasteiger partial charge in [0.15, 0.2) is 0 Å². The topological polar surface area (TPSA) is 45.4 Å². The number of rotatable bonds is 2. The lowest BCUT2D eigenvalue weighted by Crippen LogP contribution is -2.43. The molecule has 3 nitrogen and oxygen atoms in total. The lowest BCUT2D eigenvalue weighted by molar-refractivity contribution is -0.276. The Bertz CT molecular complexity index is 1090. The molecule has 1 aliphatic heterocycles. The molecule has 1 aliphatic rings. The first kappa shape index (κ1) is 23.4. The van der Waals surface area contributed by atoms with E-state index in [1.54, 1.807) is 0 Å². The van der Waals surface area contributed by atoms with Crippen molar-refractivity contribution in [1.29, 1.82) is 5.26 Å². The van der Waals surface area contributed by atoms with Crippen molar-refractivity contribution in [3.05, 3.63) is 70.0 Å². The van der Waals surface area contributed by atoms with Crippen LogP contribution in [0.5, 0.6) is 0 Å². The molecule has 0 aliphatic carbocycles. The third-order valence-corrected chi connectivity index (χ3v) is 4.66. The fraction of sp³-hybridized carbons (Fsp3) is 0.263. The number of halogens is 10. The average molecular weight is 470 g/mol. The van der Waals surface area contributed by atoms with Crippen LogP contribution in [0.4, 0.5) is 43.9 Å². The van der Waals surface area contributed by atoms with Crippen molar-refractivity contribution in [3.8, 4) is 6.07 Å². The maximum absolute atomic E-state index is 14.0. The van der Waals surface area contributed by atoms with Crippen molar-refractivity contribution in [1.82, 2.24) is 0 Å². The summed E-state index contributed by atoms with van der Waals surface area (Å²) in [7, 11) is 0. The summed E-state index contributed by atoms with van der Waals surface area (Å²) < 4.78 is 134. The van der Waals surface area contributed by atoms with Crippen LogP contribution in [0.1, 0.15) is 34.2 Å². The van der Waals surface area contributed by atoms with Crippen LogP contribution in [-0.2, 0) is 22.8 Å². The number of nitriles is 1. The van der Waals surface area contributed by atoms with Crippen LogP contribution in [0.25, 0.3) is 0 Å². The number of nitrogens with zero attached hydrogens (tertiary/aromatic N) is 2. The second-order valence-corrected chi connectivity index (χ2v) is 6.73. The Morgan fingerprint density at radius 3 is 1.91 bits per heavy atom. The lowest BCUT2D eigenvalue weighted by Gasteiger charge is -2.30. The molecule has 3 rings (SSSR count). The van der Waals surface area contributed by atoms with E-state index in [1.807, 2.05) is 0 Å². The van der Waals surface area contributed by atoms with Gasteiger partial charge >= 0.3 is 18.5 Å². The van der Waals surface area contributed by atoms with E-state index in [0.717, 1.165) is 18.2 Å². The van der Waals surface area contributed by atoms with Gasteiger partial charge < -0.3 is 4.84 Å². The first-order chi connectivity index (χ1) is 14.6. The van der Waals surface area contributed by atoms with Crippen LogP contribution in [0.3, 0.4) is 0 Å². The van der Waals surface area contributed by atoms with Gasteiger partial charge in [0.25, 0.3) is 5.60 Å². The quantitative estimate of drug-likeness (QED) is 0.483. The Morgan fingerprint density at radius 1 is 0.875 bits per heavy atom. The van der Waals surface area contributed by atoms with Crippen molar-refractivity contribution in [2.24, 2.45) is 5.16 Å². The van der Waals surface area contributed by atoms with Gasteiger partial charge in [-0.2, -0.15) is 44.8 Å². The molecule has 2 aromatic carbocycles. The molecule has 0 aromatic heterocycles. The van der Waals surface area contributed by atoms with E-state index >= 15 is 0 Å². The van der Waals surface area contributed by atoms with E-state index in [9.17, 15) is 43.9 Å². The number of oxime groups is 1. The predicted molar refractivity (Wildman–Crippen MR) is 87.5 cm³/mol. The van der Waals surface area contributed by atoms with E-state index in [2.05, 4.69) is 9.99 Å². The number of alkyl halides is 9. The minimum absolute atomic E-state index is 0.0907. The zero-order chi connectivity index (χ0) is 24.1. The fourth-order valence-electron chi connectivity index (χ4n) is 3.04. The third kappa shape index (κ3) is 4.09.